The first-order valence-electron chi connectivity index (χ1n) is 5.23. The van der Waals surface area contributed by atoms with Crippen LogP contribution in [0.25, 0.3) is 6.08 Å². The minimum absolute atomic E-state index is 0.141. The van der Waals surface area contributed by atoms with Crippen molar-refractivity contribution < 1.29 is 14.9 Å². The average Bonchev–Trinajstić information content (AvgIpc) is 2.29. The third kappa shape index (κ3) is 3.77. The fourth-order valence-electron chi connectivity index (χ4n) is 1.51. The Morgan fingerprint density at radius 1 is 1.38 bits per heavy atom. The third-order valence-corrected chi connectivity index (χ3v) is 2.41. The van der Waals surface area contributed by atoms with Crippen molar-refractivity contribution in [3.05, 3.63) is 42.0 Å². The Morgan fingerprint density at radius 2 is 2.12 bits per heavy atom. The second-order valence-corrected chi connectivity index (χ2v) is 3.74. The summed E-state index contributed by atoms with van der Waals surface area (Å²) in [6.45, 7) is 3.83. The molecule has 0 aliphatic rings. The summed E-state index contributed by atoms with van der Waals surface area (Å²) >= 11 is 0. The Labute approximate surface area is 96.0 Å². The monoisotopic (exact) mass is 222 g/mol. The maximum atomic E-state index is 9.71. The molecule has 0 saturated heterocycles. The first-order chi connectivity index (χ1) is 7.67. The van der Waals surface area contributed by atoms with E-state index in [1.807, 2.05) is 24.3 Å². The molecule has 0 amide bonds. The Morgan fingerprint density at radius 3 is 2.75 bits per heavy atom. The molecule has 0 aliphatic heterocycles. The van der Waals surface area contributed by atoms with Gasteiger partial charge in [0.1, 0.15) is 6.10 Å². The van der Waals surface area contributed by atoms with Crippen LogP contribution in [0.15, 0.2) is 30.8 Å². The van der Waals surface area contributed by atoms with Crippen LogP contribution in [0.1, 0.15) is 11.1 Å². The van der Waals surface area contributed by atoms with Crippen molar-refractivity contribution in [3.63, 3.8) is 0 Å². The molecule has 2 N–H and O–H groups in total. The molecule has 0 fully saturated rings. The topological polar surface area (TPSA) is 49.7 Å². The van der Waals surface area contributed by atoms with Crippen LogP contribution in [0.3, 0.4) is 0 Å². The van der Waals surface area contributed by atoms with Gasteiger partial charge < -0.3 is 14.9 Å². The summed E-state index contributed by atoms with van der Waals surface area (Å²) in [6, 6.07) is 7.70. The number of hydrogen-bond donors (Lipinski definition) is 2. The highest BCUT2D eigenvalue weighted by molar-refractivity contribution is 5.47. The molecular weight excluding hydrogens is 204 g/mol. The van der Waals surface area contributed by atoms with Crippen LogP contribution < -0.4 is 0 Å². The normalized spacial score (nSPS) is 14.4. The van der Waals surface area contributed by atoms with Crippen molar-refractivity contribution in [1.29, 1.82) is 0 Å². The SMILES string of the molecule is C=Cc1cccc(CC(O)C(O)COC)c1. The molecule has 1 aromatic carbocycles. The van der Waals surface area contributed by atoms with Gasteiger partial charge in [0, 0.05) is 13.5 Å². The predicted molar refractivity (Wildman–Crippen MR) is 64.1 cm³/mol. The molecule has 2 atom stereocenters. The van der Waals surface area contributed by atoms with Crippen molar-refractivity contribution >= 4 is 6.08 Å². The number of hydrogen-bond acceptors (Lipinski definition) is 3. The maximum Gasteiger partial charge on any atom is 0.103 e. The second kappa shape index (κ2) is 6.43. The highest BCUT2D eigenvalue weighted by Crippen LogP contribution is 2.10. The van der Waals surface area contributed by atoms with E-state index in [9.17, 15) is 10.2 Å². The molecule has 3 nitrogen and oxygen atoms in total. The lowest BCUT2D eigenvalue weighted by Crippen LogP contribution is -2.31. The summed E-state index contributed by atoms with van der Waals surface area (Å²) in [5, 5.41) is 19.2. The lowest BCUT2D eigenvalue weighted by atomic mass is 10.0. The van der Waals surface area contributed by atoms with E-state index < -0.39 is 12.2 Å². The summed E-state index contributed by atoms with van der Waals surface area (Å²) in [4.78, 5) is 0. The van der Waals surface area contributed by atoms with Gasteiger partial charge in [0.25, 0.3) is 0 Å². The zero-order chi connectivity index (χ0) is 12.0. The lowest BCUT2D eigenvalue weighted by Gasteiger charge is -2.17. The van der Waals surface area contributed by atoms with Crippen LogP contribution in [0.4, 0.5) is 0 Å². The van der Waals surface area contributed by atoms with Crippen LogP contribution in [-0.2, 0) is 11.2 Å². The van der Waals surface area contributed by atoms with E-state index in [1.165, 1.54) is 7.11 Å². The molecule has 0 radical (unpaired) electrons. The molecule has 1 rings (SSSR count). The predicted octanol–water partition coefficient (Wildman–Crippen LogP) is 1.24. The minimum Gasteiger partial charge on any atom is -0.390 e. The quantitative estimate of drug-likeness (QED) is 0.761. The van der Waals surface area contributed by atoms with Gasteiger partial charge in [-0.05, 0) is 11.1 Å². The second-order valence-electron chi connectivity index (χ2n) is 3.74. The van der Waals surface area contributed by atoms with Gasteiger partial charge in [0.2, 0.25) is 0 Å². The Balaban J connectivity index is 2.61. The van der Waals surface area contributed by atoms with Gasteiger partial charge in [-0.3, -0.25) is 0 Å². The molecular formula is C13H18O3. The molecule has 0 aromatic heterocycles. The number of aliphatic hydroxyl groups excluding tert-OH is 2. The fourth-order valence-corrected chi connectivity index (χ4v) is 1.51. The maximum absolute atomic E-state index is 9.71. The number of methoxy groups -OCH3 is 1. The van der Waals surface area contributed by atoms with E-state index in [2.05, 4.69) is 6.58 Å². The van der Waals surface area contributed by atoms with Gasteiger partial charge in [-0.1, -0.05) is 36.9 Å². The lowest BCUT2D eigenvalue weighted by molar-refractivity contribution is -0.0253. The van der Waals surface area contributed by atoms with Gasteiger partial charge in [-0.25, -0.2) is 0 Å². The van der Waals surface area contributed by atoms with E-state index in [4.69, 9.17) is 4.74 Å². The van der Waals surface area contributed by atoms with Crippen LogP contribution in [0, 0.1) is 0 Å². The minimum atomic E-state index is -0.850. The van der Waals surface area contributed by atoms with Crippen LogP contribution in [-0.4, -0.2) is 36.1 Å². The summed E-state index contributed by atoms with van der Waals surface area (Å²) in [7, 11) is 1.49. The first kappa shape index (κ1) is 12.9. The largest absolute Gasteiger partial charge is 0.390 e. The number of benzene rings is 1. The molecule has 0 heterocycles. The molecule has 0 saturated carbocycles. The van der Waals surface area contributed by atoms with Crippen molar-refractivity contribution in [1.82, 2.24) is 0 Å². The molecule has 88 valence electrons. The van der Waals surface area contributed by atoms with Gasteiger partial charge >= 0.3 is 0 Å². The molecule has 0 spiro atoms. The first-order valence-corrected chi connectivity index (χ1v) is 5.23. The van der Waals surface area contributed by atoms with Gasteiger partial charge in [0.05, 0.1) is 12.7 Å². The summed E-state index contributed by atoms with van der Waals surface area (Å²) < 4.78 is 4.78. The van der Waals surface area contributed by atoms with Gasteiger partial charge in [-0.15, -0.1) is 0 Å². The highest BCUT2D eigenvalue weighted by atomic mass is 16.5. The molecule has 1 aromatic rings. The molecule has 3 heteroatoms. The van der Waals surface area contributed by atoms with Crippen LogP contribution >= 0.6 is 0 Å². The van der Waals surface area contributed by atoms with Gasteiger partial charge in [0.15, 0.2) is 0 Å². The standard InChI is InChI=1S/C13H18O3/c1-3-10-5-4-6-11(7-10)8-12(14)13(15)9-16-2/h3-7,12-15H,1,8-9H2,2H3. The zero-order valence-corrected chi connectivity index (χ0v) is 9.47. The van der Waals surface area contributed by atoms with Crippen molar-refractivity contribution in [2.24, 2.45) is 0 Å². The van der Waals surface area contributed by atoms with Crippen molar-refractivity contribution in [3.8, 4) is 0 Å². The molecule has 0 aliphatic carbocycles. The summed E-state index contributed by atoms with van der Waals surface area (Å²) in [5.74, 6) is 0. The summed E-state index contributed by atoms with van der Waals surface area (Å²) in [5.41, 5.74) is 1.98. The fraction of sp³-hybridized carbons (Fsp3) is 0.385. The molecule has 16 heavy (non-hydrogen) atoms. The van der Waals surface area contributed by atoms with Crippen LogP contribution in [0.2, 0.25) is 0 Å². The Bertz CT molecular complexity index is 336. The van der Waals surface area contributed by atoms with E-state index in [-0.39, 0.29) is 6.61 Å². The number of rotatable bonds is 6. The van der Waals surface area contributed by atoms with Crippen molar-refractivity contribution in [2.75, 3.05) is 13.7 Å². The number of aliphatic hydroxyl groups is 2. The highest BCUT2D eigenvalue weighted by Gasteiger charge is 2.16. The zero-order valence-electron chi connectivity index (χ0n) is 9.47. The number of ether oxygens (including phenoxy) is 1. The summed E-state index contributed by atoms with van der Waals surface area (Å²) in [6.07, 6.45) is 0.505. The van der Waals surface area contributed by atoms with Crippen molar-refractivity contribution in [2.45, 2.75) is 18.6 Å². The van der Waals surface area contributed by atoms with E-state index in [0.29, 0.717) is 6.42 Å². The third-order valence-electron chi connectivity index (χ3n) is 2.41. The molecule has 0 bridgehead atoms. The van der Waals surface area contributed by atoms with E-state index in [0.717, 1.165) is 11.1 Å². The van der Waals surface area contributed by atoms with Crippen LogP contribution in [0.5, 0.6) is 0 Å². The molecule has 2 unspecified atom stereocenters. The van der Waals surface area contributed by atoms with E-state index >= 15 is 0 Å². The van der Waals surface area contributed by atoms with E-state index in [1.54, 1.807) is 6.08 Å². The Hall–Kier alpha value is -1.16. The smallest absolute Gasteiger partial charge is 0.103 e. The average molecular weight is 222 g/mol. The van der Waals surface area contributed by atoms with Gasteiger partial charge in [-0.2, -0.15) is 0 Å². The Kier molecular flexibility index (Phi) is 5.19.